The number of ether oxygens (including phenoxy) is 1. The number of esters is 1. The maximum Gasteiger partial charge on any atom is 0.305 e. The molecule has 1 atom stereocenters. The zero-order valence-electron chi connectivity index (χ0n) is 11.6. The molecule has 0 bridgehead atoms. The first-order valence-electron chi connectivity index (χ1n) is 6.27. The van der Waals surface area contributed by atoms with E-state index in [0.29, 0.717) is 5.69 Å². The topological polar surface area (TPSA) is 98.5 Å². The highest BCUT2D eigenvalue weighted by atomic mass is 32.2. The molecular weight excluding hydrogens is 280 g/mol. The number of carbonyl (C=O) groups excluding carboxylic acids is 1. The zero-order valence-corrected chi connectivity index (χ0v) is 12.4. The Balaban J connectivity index is 2.58. The third kappa shape index (κ3) is 5.18. The van der Waals surface area contributed by atoms with E-state index < -0.39 is 22.0 Å². The fraction of sp³-hybridized carbons (Fsp3) is 0.462. The molecule has 1 rings (SSSR count). The molecule has 7 heteroatoms. The van der Waals surface area contributed by atoms with Crippen LogP contribution in [0, 0.1) is 0 Å². The van der Waals surface area contributed by atoms with Crippen LogP contribution < -0.4 is 10.5 Å². The molecule has 0 aliphatic carbocycles. The van der Waals surface area contributed by atoms with Crippen molar-refractivity contribution in [3.63, 3.8) is 0 Å². The van der Waals surface area contributed by atoms with Gasteiger partial charge in [-0.05, 0) is 25.0 Å². The van der Waals surface area contributed by atoms with Gasteiger partial charge in [-0.15, -0.1) is 0 Å². The van der Waals surface area contributed by atoms with Gasteiger partial charge in [0, 0.05) is 18.2 Å². The number of methoxy groups -OCH3 is 1. The number of nitrogens with one attached hydrogen (secondary N) is 1. The first-order chi connectivity index (χ1) is 9.35. The van der Waals surface area contributed by atoms with Crippen LogP contribution in [0.3, 0.4) is 0 Å². The van der Waals surface area contributed by atoms with E-state index >= 15 is 0 Å². The summed E-state index contributed by atoms with van der Waals surface area (Å²) in [4.78, 5) is 10.9. The standard InChI is InChI=1S/C13H20N2O4S/c1-10(11-6-3-4-7-12(11)14)15-20(17,18)9-5-8-13(16)19-2/h3-4,6-7,10,15H,5,8-9,14H2,1-2H3. The van der Waals surface area contributed by atoms with Gasteiger partial charge in [-0.1, -0.05) is 18.2 Å². The molecule has 1 unspecified atom stereocenters. The Morgan fingerprint density at radius 3 is 2.65 bits per heavy atom. The van der Waals surface area contributed by atoms with Crippen LogP contribution in [-0.4, -0.2) is 27.2 Å². The minimum Gasteiger partial charge on any atom is -0.469 e. The lowest BCUT2D eigenvalue weighted by Gasteiger charge is -2.16. The molecule has 0 aromatic heterocycles. The fourth-order valence-electron chi connectivity index (χ4n) is 1.81. The van der Waals surface area contributed by atoms with Crippen molar-refractivity contribution in [2.24, 2.45) is 0 Å². The molecule has 0 aliphatic heterocycles. The van der Waals surface area contributed by atoms with Gasteiger partial charge < -0.3 is 10.5 Å². The quantitative estimate of drug-likeness (QED) is 0.582. The van der Waals surface area contributed by atoms with Crippen molar-refractivity contribution in [1.29, 1.82) is 0 Å². The predicted octanol–water partition coefficient (Wildman–Crippen LogP) is 1.20. The number of carbonyl (C=O) groups is 1. The summed E-state index contributed by atoms with van der Waals surface area (Å²) in [6, 6.07) is 6.66. The molecular formula is C13H20N2O4S. The fourth-order valence-corrected chi connectivity index (χ4v) is 3.11. The molecule has 0 spiro atoms. The van der Waals surface area contributed by atoms with Crippen LogP contribution in [0.4, 0.5) is 5.69 Å². The number of rotatable bonds is 7. The van der Waals surface area contributed by atoms with Gasteiger partial charge in [0.25, 0.3) is 0 Å². The van der Waals surface area contributed by atoms with Gasteiger partial charge in [-0.3, -0.25) is 4.79 Å². The minimum absolute atomic E-state index is 0.0826. The van der Waals surface area contributed by atoms with Crippen LogP contribution >= 0.6 is 0 Å². The van der Waals surface area contributed by atoms with Gasteiger partial charge in [0.1, 0.15) is 0 Å². The van der Waals surface area contributed by atoms with Crippen LogP contribution in [0.2, 0.25) is 0 Å². The highest BCUT2D eigenvalue weighted by Crippen LogP contribution is 2.20. The third-order valence-corrected chi connectivity index (χ3v) is 4.38. The van der Waals surface area contributed by atoms with Crippen molar-refractivity contribution in [2.45, 2.75) is 25.8 Å². The van der Waals surface area contributed by atoms with E-state index in [1.807, 2.05) is 0 Å². The van der Waals surface area contributed by atoms with Gasteiger partial charge in [0.05, 0.1) is 12.9 Å². The minimum atomic E-state index is -3.46. The highest BCUT2D eigenvalue weighted by molar-refractivity contribution is 7.89. The largest absolute Gasteiger partial charge is 0.469 e. The smallest absolute Gasteiger partial charge is 0.305 e. The van der Waals surface area contributed by atoms with Crippen molar-refractivity contribution >= 4 is 21.7 Å². The number of hydrogen-bond donors (Lipinski definition) is 2. The van der Waals surface area contributed by atoms with Gasteiger partial charge in [-0.2, -0.15) is 0 Å². The molecule has 1 aromatic carbocycles. The second-order valence-electron chi connectivity index (χ2n) is 4.47. The Hall–Kier alpha value is -1.60. The van der Waals surface area contributed by atoms with Crippen molar-refractivity contribution in [3.05, 3.63) is 29.8 Å². The molecule has 0 fully saturated rings. The average Bonchev–Trinajstić information content (AvgIpc) is 2.38. The molecule has 1 aromatic rings. The van der Waals surface area contributed by atoms with Crippen LogP contribution in [0.5, 0.6) is 0 Å². The van der Waals surface area contributed by atoms with Crippen molar-refractivity contribution in [2.75, 3.05) is 18.6 Å². The van der Waals surface area contributed by atoms with E-state index in [1.54, 1.807) is 31.2 Å². The SMILES string of the molecule is COC(=O)CCCS(=O)(=O)NC(C)c1ccccc1N. The summed E-state index contributed by atoms with van der Waals surface area (Å²) in [6.45, 7) is 1.73. The van der Waals surface area contributed by atoms with Crippen molar-refractivity contribution < 1.29 is 17.9 Å². The number of nitrogens with two attached hydrogens (primary N) is 1. The van der Waals surface area contributed by atoms with Gasteiger partial charge in [0.15, 0.2) is 0 Å². The Morgan fingerprint density at radius 2 is 2.05 bits per heavy atom. The van der Waals surface area contributed by atoms with Crippen LogP contribution in [0.25, 0.3) is 0 Å². The number of nitrogen functional groups attached to an aromatic ring is 1. The Labute approximate surface area is 119 Å². The monoisotopic (exact) mass is 300 g/mol. The molecule has 0 heterocycles. The van der Waals surface area contributed by atoms with Gasteiger partial charge in [0.2, 0.25) is 10.0 Å². The summed E-state index contributed by atoms with van der Waals surface area (Å²) in [6.07, 6.45) is 0.304. The van der Waals surface area contributed by atoms with Crippen molar-refractivity contribution in [3.8, 4) is 0 Å². The maximum atomic E-state index is 11.9. The molecule has 0 aliphatic rings. The van der Waals surface area contributed by atoms with E-state index in [0.717, 1.165) is 5.56 Å². The Morgan fingerprint density at radius 1 is 1.40 bits per heavy atom. The summed E-state index contributed by atoms with van der Waals surface area (Å²) in [5.41, 5.74) is 7.07. The highest BCUT2D eigenvalue weighted by Gasteiger charge is 2.17. The third-order valence-electron chi connectivity index (χ3n) is 2.84. The molecule has 0 radical (unpaired) electrons. The zero-order chi connectivity index (χ0) is 15.2. The molecule has 6 nitrogen and oxygen atoms in total. The number of anilines is 1. The molecule has 0 saturated carbocycles. The summed E-state index contributed by atoms with van der Waals surface area (Å²) in [7, 11) is -2.19. The van der Waals surface area contributed by atoms with Crippen LogP contribution in [-0.2, 0) is 19.6 Å². The number of hydrogen-bond acceptors (Lipinski definition) is 5. The molecule has 0 amide bonds. The number of benzene rings is 1. The molecule has 112 valence electrons. The van der Waals surface area contributed by atoms with E-state index in [4.69, 9.17) is 5.73 Å². The van der Waals surface area contributed by atoms with Crippen LogP contribution in [0.1, 0.15) is 31.4 Å². The van der Waals surface area contributed by atoms with E-state index in [2.05, 4.69) is 9.46 Å². The van der Waals surface area contributed by atoms with Crippen molar-refractivity contribution in [1.82, 2.24) is 4.72 Å². The molecule has 20 heavy (non-hydrogen) atoms. The normalized spacial score (nSPS) is 12.9. The van der Waals surface area contributed by atoms with Gasteiger partial charge in [-0.25, -0.2) is 13.1 Å². The van der Waals surface area contributed by atoms with Crippen LogP contribution in [0.15, 0.2) is 24.3 Å². The number of sulfonamides is 1. The Kier molecular flexibility index (Phi) is 5.97. The lowest BCUT2D eigenvalue weighted by molar-refractivity contribution is -0.140. The Bertz CT molecular complexity index is 557. The first kappa shape index (κ1) is 16.5. The van der Waals surface area contributed by atoms with E-state index in [1.165, 1.54) is 7.11 Å². The molecule has 3 N–H and O–H groups in total. The summed E-state index contributed by atoms with van der Waals surface area (Å²) in [5.74, 6) is -0.542. The van der Waals surface area contributed by atoms with Gasteiger partial charge >= 0.3 is 5.97 Å². The second-order valence-corrected chi connectivity index (χ2v) is 6.34. The lowest BCUT2D eigenvalue weighted by Crippen LogP contribution is -2.29. The lowest BCUT2D eigenvalue weighted by atomic mass is 10.1. The van der Waals surface area contributed by atoms with E-state index in [-0.39, 0.29) is 18.6 Å². The summed E-state index contributed by atoms with van der Waals surface area (Å²) in [5, 5.41) is 0. The molecule has 0 saturated heterocycles. The van der Waals surface area contributed by atoms with E-state index in [9.17, 15) is 13.2 Å². The predicted molar refractivity (Wildman–Crippen MR) is 77.4 cm³/mol. The number of para-hydroxylation sites is 1. The maximum absolute atomic E-state index is 11.9. The summed E-state index contributed by atoms with van der Waals surface area (Å²) < 4.78 is 30.8. The second kappa shape index (κ2) is 7.25. The average molecular weight is 300 g/mol. The first-order valence-corrected chi connectivity index (χ1v) is 7.92. The summed E-state index contributed by atoms with van der Waals surface area (Å²) >= 11 is 0.